The van der Waals surface area contributed by atoms with E-state index in [4.69, 9.17) is 0 Å². The van der Waals surface area contributed by atoms with Crippen LogP contribution < -0.4 is 10.2 Å². The van der Waals surface area contributed by atoms with Gasteiger partial charge in [-0.2, -0.15) is 0 Å². The summed E-state index contributed by atoms with van der Waals surface area (Å²) in [5.74, 6) is -0.110. The fourth-order valence-corrected chi connectivity index (χ4v) is 5.80. The second-order valence-electron chi connectivity index (χ2n) is 7.34. The van der Waals surface area contributed by atoms with E-state index in [1.54, 1.807) is 17.4 Å². The third-order valence-corrected chi connectivity index (χ3v) is 8.69. The lowest BCUT2D eigenvalue weighted by Gasteiger charge is -2.20. The second kappa shape index (κ2) is 9.11. The molecule has 1 aromatic carbocycles. The average molecular weight is 480 g/mol. The number of nitrogens with one attached hydrogen (secondary N) is 1. The van der Waals surface area contributed by atoms with Crippen LogP contribution in [0.15, 0.2) is 34.4 Å². The summed E-state index contributed by atoms with van der Waals surface area (Å²) in [4.78, 5) is 25.4. The minimum absolute atomic E-state index is 0.118. The summed E-state index contributed by atoms with van der Waals surface area (Å²) < 4.78 is 26.1. The minimum Gasteiger partial charge on any atom is -0.376 e. The molecule has 166 valence electrons. The smallest absolute Gasteiger partial charge is 0.242 e. The van der Waals surface area contributed by atoms with Gasteiger partial charge in [-0.25, -0.2) is 22.7 Å². The molecule has 0 bridgehead atoms. The number of aromatic nitrogens is 2. The van der Waals surface area contributed by atoms with E-state index in [2.05, 4.69) is 15.3 Å². The van der Waals surface area contributed by atoms with E-state index in [9.17, 15) is 13.2 Å². The number of benzene rings is 1. The van der Waals surface area contributed by atoms with Crippen molar-refractivity contribution in [2.75, 3.05) is 44.2 Å². The number of thiophene rings is 1. The lowest BCUT2D eigenvalue weighted by atomic mass is 10.2. The molecule has 0 atom stereocenters. The number of sulfonamides is 1. The fraction of sp³-hybridized carbons (Fsp3) is 0.350. The Kier molecular flexibility index (Phi) is 6.89. The Hall–Kier alpha value is -2.21. The molecule has 3 rings (SSSR count). The Morgan fingerprint density at radius 3 is 2.52 bits per heavy atom. The first-order chi connectivity index (χ1) is 14.5. The number of carbonyl (C=O) groups excluding carboxylic acids is 1. The number of aryl methyl sites for hydroxylation is 2. The summed E-state index contributed by atoms with van der Waals surface area (Å²) in [6.07, 6.45) is 1.51. The van der Waals surface area contributed by atoms with Crippen molar-refractivity contribution >= 4 is 60.6 Å². The van der Waals surface area contributed by atoms with Gasteiger partial charge in [0.05, 0.1) is 22.0 Å². The Balaban J connectivity index is 1.83. The first-order valence-electron chi connectivity index (χ1n) is 9.39. The van der Waals surface area contributed by atoms with Gasteiger partial charge in [-0.3, -0.25) is 4.79 Å². The van der Waals surface area contributed by atoms with Gasteiger partial charge in [0.2, 0.25) is 15.9 Å². The van der Waals surface area contributed by atoms with E-state index in [1.807, 2.05) is 32.8 Å². The van der Waals surface area contributed by atoms with Crippen LogP contribution in [0, 0.1) is 13.8 Å². The summed E-state index contributed by atoms with van der Waals surface area (Å²) in [6, 6.07) is 4.71. The molecule has 1 amide bonds. The average Bonchev–Trinajstić information content (AvgIpc) is 3.00. The standard InChI is InChI=1S/C20H25N5O3S3/c1-12-13(2)30-20-18(12)19(21-11-22-20)29-10-17(26)23-15-9-14(31(27,28)25(5)6)7-8-16(15)24(3)4/h7-9,11H,10H2,1-6H3,(H,23,26). The zero-order chi connectivity index (χ0) is 22.9. The molecule has 0 aliphatic rings. The first-order valence-corrected chi connectivity index (χ1v) is 12.6. The predicted molar refractivity (Wildman–Crippen MR) is 128 cm³/mol. The van der Waals surface area contributed by atoms with Crippen LogP contribution in [0.25, 0.3) is 10.2 Å². The zero-order valence-electron chi connectivity index (χ0n) is 18.3. The van der Waals surface area contributed by atoms with Crippen molar-refractivity contribution in [3.8, 4) is 0 Å². The maximum atomic E-state index is 12.7. The number of carbonyl (C=O) groups is 1. The number of hydrogen-bond acceptors (Lipinski definition) is 8. The monoisotopic (exact) mass is 479 g/mol. The highest BCUT2D eigenvalue weighted by Crippen LogP contribution is 2.34. The molecule has 11 heteroatoms. The molecule has 2 aromatic heterocycles. The quantitative estimate of drug-likeness (QED) is 0.410. The van der Waals surface area contributed by atoms with Gasteiger partial charge in [0.15, 0.2) is 0 Å². The molecule has 31 heavy (non-hydrogen) atoms. The number of hydrogen-bond donors (Lipinski definition) is 1. The highest BCUT2D eigenvalue weighted by Gasteiger charge is 2.20. The largest absolute Gasteiger partial charge is 0.376 e. The van der Waals surface area contributed by atoms with E-state index in [-0.39, 0.29) is 16.6 Å². The fourth-order valence-electron chi connectivity index (χ4n) is 2.96. The number of nitrogens with zero attached hydrogens (tertiary/aromatic N) is 4. The van der Waals surface area contributed by atoms with E-state index in [1.165, 1.54) is 49.2 Å². The van der Waals surface area contributed by atoms with Crippen LogP contribution in [0.2, 0.25) is 0 Å². The van der Waals surface area contributed by atoms with Crippen LogP contribution in [0.3, 0.4) is 0 Å². The normalized spacial score (nSPS) is 11.8. The lowest BCUT2D eigenvalue weighted by molar-refractivity contribution is -0.113. The molecule has 0 fully saturated rings. The van der Waals surface area contributed by atoms with Crippen LogP contribution in [0.5, 0.6) is 0 Å². The molecule has 0 saturated heterocycles. The van der Waals surface area contributed by atoms with Crippen molar-refractivity contribution in [1.29, 1.82) is 0 Å². The summed E-state index contributed by atoms with van der Waals surface area (Å²) in [7, 11) is 2.99. The van der Waals surface area contributed by atoms with Crippen LogP contribution in [-0.2, 0) is 14.8 Å². The molecule has 0 saturated carbocycles. The molecule has 0 unspecified atom stereocenters. The van der Waals surface area contributed by atoms with Crippen LogP contribution in [0.4, 0.5) is 11.4 Å². The van der Waals surface area contributed by atoms with Gasteiger partial charge in [0, 0.05) is 38.5 Å². The molecule has 8 nitrogen and oxygen atoms in total. The molecule has 0 radical (unpaired) electrons. The van der Waals surface area contributed by atoms with Crippen molar-refractivity contribution in [3.05, 3.63) is 35.0 Å². The molecule has 0 aliphatic heterocycles. The summed E-state index contributed by atoms with van der Waals surface area (Å²) in [5.41, 5.74) is 2.28. The molecule has 1 N–H and O–H groups in total. The SMILES string of the molecule is Cc1sc2ncnc(SCC(=O)Nc3cc(S(=O)(=O)N(C)C)ccc3N(C)C)c2c1C. The van der Waals surface area contributed by atoms with Gasteiger partial charge in [0.25, 0.3) is 0 Å². The molecule has 0 aliphatic carbocycles. The number of amides is 1. The number of fused-ring (bicyclic) bond motifs is 1. The molecular formula is C20H25N5O3S3. The second-order valence-corrected chi connectivity index (χ2v) is 11.7. The Labute approximate surface area is 190 Å². The highest BCUT2D eigenvalue weighted by atomic mass is 32.2. The zero-order valence-corrected chi connectivity index (χ0v) is 20.7. The molecule has 2 heterocycles. The van der Waals surface area contributed by atoms with Gasteiger partial charge in [-0.15, -0.1) is 11.3 Å². The Bertz CT molecular complexity index is 1240. The van der Waals surface area contributed by atoms with Crippen molar-refractivity contribution in [1.82, 2.24) is 14.3 Å². The minimum atomic E-state index is -3.62. The third kappa shape index (κ3) is 4.84. The van der Waals surface area contributed by atoms with Crippen LogP contribution >= 0.6 is 23.1 Å². The van der Waals surface area contributed by atoms with Crippen molar-refractivity contribution in [3.63, 3.8) is 0 Å². The van der Waals surface area contributed by atoms with Gasteiger partial charge in [0.1, 0.15) is 16.2 Å². The van der Waals surface area contributed by atoms with Crippen molar-refractivity contribution < 1.29 is 13.2 Å². The maximum Gasteiger partial charge on any atom is 0.242 e. The van der Waals surface area contributed by atoms with Gasteiger partial charge >= 0.3 is 0 Å². The lowest BCUT2D eigenvalue weighted by Crippen LogP contribution is -2.23. The molecule has 3 aromatic rings. The van der Waals surface area contributed by atoms with Gasteiger partial charge in [-0.05, 0) is 37.6 Å². The first kappa shape index (κ1) is 23.5. The van der Waals surface area contributed by atoms with E-state index < -0.39 is 10.0 Å². The summed E-state index contributed by atoms with van der Waals surface area (Å²) >= 11 is 2.95. The third-order valence-electron chi connectivity index (χ3n) is 4.77. The van der Waals surface area contributed by atoms with E-state index >= 15 is 0 Å². The van der Waals surface area contributed by atoms with Gasteiger partial charge < -0.3 is 10.2 Å². The van der Waals surface area contributed by atoms with Crippen molar-refractivity contribution in [2.24, 2.45) is 0 Å². The van der Waals surface area contributed by atoms with Crippen molar-refractivity contribution in [2.45, 2.75) is 23.8 Å². The summed E-state index contributed by atoms with van der Waals surface area (Å²) in [5, 5.41) is 4.60. The molecular weight excluding hydrogens is 454 g/mol. The highest BCUT2D eigenvalue weighted by molar-refractivity contribution is 8.00. The predicted octanol–water partition coefficient (Wildman–Crippen LogP) is 3.36. The summed E-state index contributed by atoms with van der Waals surface area (Å²) in [6.45, 7) is 4.07. The number of rotatable bonds is 7. The Morgan fingerprint density at radius 1 is 1.16 bits per heavy atom. The Morgan fingerprint density at radius 2 is 1.87 bits per heavy atom. The topological polar surface area (TPSA) is 95.5 Å². The molecule has 0 spiro atoms. The number of anilines is 2. The van der Waals surface area contributed by atoms with E-state index in [0.717, 1.165) is 25.1 Å². The van der Waals surface area contributed by atoms with Crippen LogP contribution in [0.1, 0.15) is 10.4 Å². The van der Waals surface area contributed by atoms with Crippen LogP contribution in [-0.4, -0.2) is 62.5 Å². The van der Waals surface area contributed by atoms with Gasteiger partial charge in [-0.1, -0.05) is 11.8 Å². The maximum absolute atomic E-state index is 12.7. The van der Waals surface area contributed by atoms with E-state index in [0.29, 0.717) is 11.4 Å². The number of thioether (sulfide) groups is 1.